The Morgan fingerprint density at radius 3 is 2.79 bits per heavy atom. The number of imide groups is 1. The zero-order valence-electron chi connectivity index (χ0n) is 13.6. The summed E-state index contributed by atoms with van der Waals surface area (Å²) in [6.45, 7) is 0. The first-order chi connectivity index (χ1) is 11.7. The van der Waals surface area contributed by atoms with Crippen molar-refractivity contribution in [1.82, 2.24) is 5.32 Å². The minimum Gasteiger partial charge on any atom is -0.496 e. The third kappa shape index (κ3) is 2.39. The van der Waals surface area contributed by atoms with Crippen molar-refractivity contribution < 1.29 is 14.3 Å². The summed E-state index contributed by atoms with van der Waals surface area (Å²) in [5.41, 5.74) is 4.70. The van der Waals surface area contributed by atoms with E-state index in [-0.39, 0.29) is 11.8 Å². The topological polar surface area (TPSA) is 55.4 Å². The van der Waals surface area contributed by atoms with E-state index in [4.69, 9.17) is 4.74 Å². The van der Waals surface area contributed by atoms with Crippen LogP contribution in [0.15, 0.2) is 36.4 Å². The van der Waals surface area contributed by atoms with Crippen molar-refractivity contribution >= 4 is 11.8 Å². The fourth-order valence-electron chi connectivity index (χ4n) is 3.98. The zero-order chi connectivity index (χ0) is 16.7. The summed E-state index contributed by atoms with van der Waals surface area (Å²) in [6.07, 6.45) is 3.85. The Bertz CT molecular complexity index is 841. The first-order valence-electron chi connectivity index (χ1n) is 8.29. The van der Waals surface area contributed by atoms with E-state index in [1.54, 1.807) is 13.2 Å². The molecule has 0 saturated carbocycles. The molecule has 2 aromatic rings. The van der Waals surface area contributed by atoms with Crippen molar-refractivity contribution in [3.8, 4) is 5.75 Å². The minimum absolute atomic E-state index is 0.261. The lowest BCUT2D eigenvalue weighted by atomic mass is 9.79. The molecule has 1 aliphatic heterocycles. The molecular weight excluding hydrogens is 302 g/mol. The summed E-state index contributed by atoms with van der Waals surface area (Å²) in [5, 5.41) is 2.40. The van der Waals surface area contributed by atoms with E-state index in [0.717, 1.165) is 37.0 Å². The largest absolute Gasteiger partial charge is 0.496 e. The van der Waals surface area contributed by atoms with Crippen LogP contribution in [0.25, 0.3) is 0 Å². The molecule has 1 atom stereocenters. The molecule has 24 heavy (non-hydrogen) atoms. The van der Waals surface area contributed by atoms with Crippen LogP contribution < -0.4 is 10.1 Å². The summed E-state index contributed by atoms with van der Waals surface area (Å²) in [5.74, 6) is 0.898. The molecule has 1 aliphatic carbocycles. The summed E-state index contributed by atoms with van der Waals surface area (Å²) < 4.78 is 5.46. The third-order valence-electron chi connectivity index (χ3n) is 5.12. The highest BCUT2D eigenvalue weighted by Crippen LogP contribution is 2.34. The van der Waals surface area contributed by atoms with Gasteiger partial charge in [0.1, 0.15) is 5.75 Å². The summed E-state index contributed by atoms with van der Waals surface area (Å²) in [4.78, 5) is 23.9. The molecule has 1 heterocycles. The van der Waals surface area contributed by atoms with Crippen LogP contribution in [0.2, 0.25) is 0 Å². The van der Waals surface area contributed by atoms with Crippen molar-refractivity contribution in [2.45, 2.75) is 25.7 Å². The molecule has 2 aromatic carbocycles. The molecule has 4 heteroatoms. The van der Waals surface area contributed by atoms with Crippen LogP contribution >= 0.6 is 0 Å². The molecule has 1 unspecified atom stereocenters. The lowest BCUT2D eigenvalue weighted by Gasteiger charge is -2.26. The third-order valence-corrected chi connectivity index (χ3v) is 5.12. The Morgan fingerprint density at radius 2 is 1.96 bits per heavy atom. The number of nitrogens with one attached hydrogen (secondary N) is 1. The number of rotatable bonds is 3. The van der Waals surface area contributed by atoms with Crippen LogP contribution in [-0.2, 0) is 19.3 Å². The fraction of sp³-hybridized carbons (Fsp3) is 0.300. The molecule has 0 fully saturated rings. The quantitative estimate of drug-likeness (QED) is 0.884. The number of methoxy groups -OCH3 is 1. The maximum Gasteiger partial charge on any atom is 0.259 e. The first-order valence-corrected chi connectivity index (χ1v) is 8.29. The predicted molar refractivity (Wildman–Crippen MR) is 90.5 cm³/mol. The van der Waals surface area contributed by atoms with Gasteiger partial charge in [0.2, 0.25) is 0 Å². The molecule has 1 N–H and O–H groups in total. The minimum atomic E-state index is -0.282. The van der Waals surface area contributed by atoms with Crippen molar-refractivity contribution in [2.24, 2.45) is 5.92 Å². The van der Waals surface area contributed by atoms with Gasteiger partial charge >= 0.3 is 0 Å². The second kappa shape index (κ2) is 5.78. The number of hydrogen-bond donors (Lipinski definition) is 1. The molecule has 4 nitrogen and oxygen atoms in total. The Balaban J connectivity index is 1.60. The molecule has 4 rings (SSSR count). The zero-order valence-corrected chi connectivity index (χ0v) is 13.6. The second-order valence-corrected chi connectivity index (χ2v) is 6.53. The van der Waals surface area contributed by atoms with Gasteiger partial charge in [-0.2, -0.15) is 0 Å². The monoisotopic (exact) mass is 321 g/mol. The molecule has 0 spiro atoms. The van der Waals surface area contributed by atoms with Crippen molar-refractivity contribution in [1.29, 1.82) is 0 Å². The van der Waals surface area contributed by atoms with Crippen molar-refractivity contribution in [3.63, 3.8) is 0 Å². The van der Waals surface area contributed by atoms with Crippen LogP contribution in [0, 0.1) is 5.92 Å². The van der Waals surface area contributed by atoms with Gasteiger partial charge < -0.3 is 4.74 Å². The molecular formula is C20H19NO3. The molecule has 0 saturated heterocycles. The number of benzene rings is 2. The molecule has 122 valence electrons. The number of ether oxygens (including phenoxy) is 1. The van der Waals surface area contributed by atoms with E-state index in [0.29, 0.717) is 17.0 Å². The van der Waals surface area contributed by atoms with Crippen LogP contribution in [-0.4, -0.2) is 18.9 Å². The van der Waals surface area contributed by atoms with Gasteiger partial charge in [-0.05, 0) is 60.4 Å². The van der Waals surface area contributed by atoms with Crippen LogP contribution in [0.1, 0.15) is 43.8 Å². The van der Waals surface area contributed by atoms with Gasteiger partial charge in [-0.3, -0.25) is 14.9 Å². The standard InChI is InChI=1S/C20H19NO3/c1-24-17-7-3-4-13-10-12(8-9-15(13)17)11-14-5-2-6-16-18(14)20(23)21-19(16)22/h2-7,12H,8-11H2,1H3,(H,21,22,23). The maximum atomic E-state index is 12.1. The van der Waals surface area contributed by atoms with E-state index in [1.807, 2.05) is 24.3 Å². The highest BCUT2D eigenvalue weighted by Gasteiger charge is 2.30. The molecule has 0 radical (unpaired) electrons. The van der Waals surface area contributed by atoms with Crippen molar-refractivity contribution in [3.05, 3.63) is 64.2 Å². The number of carbonyl (C=O) groups excluding carboxylic acids is 2. The Morgan fingerprint density at radius 1 is 1.12 bits per heavy atom. The first kappa shape index (κ1) is 14.9. The summed E-state index contributed by atoms with van der Waals surface area (Å²) in [7, 11) is 1.71. The van der Waals surface area contributed by atoms with Gasteiger partial charge in [-0.1, -0.05) is 24.3 Å². The lowest BCUT2D eigenvalue weighted by Crippen LogP contribution is -2.21. The maximum absolute atomic E-state index is 12.1. The number of amides is 2. The number of hydrogen-bond acceptors (Lipinski definition) is 3. The van der Waals surface area contributed by atoms with Gasteiger partial charge in [-0.15, -0.1) is 0 Å². The van der Waals surface area contributed by atoms with Gasteiger partial charge in [-0.25, -0.2) is 0 Å². The van der Waals surface area contributed by atoms with E-state index in [9.17, 15) is 9.59 Å². The van der Waals surface area contributed by atoms with Crippen LogP contribution in [0.3, 0.4) is 0 Å². The Kier molecular flexibility index (Phi) is 3.60. The molecule has 2 aliphatic rings. The van der Waals surface area contributed by atoms with E-state index >= 15 is 0 Å². The van der Waals surface area contributed by atoms with Gasteiger partial charge in [0.05, 0.1) is 18.2 Å². The normalized spacial score (nSPS) is 18.8. The molecule has 0 aromatic heterocycles. The van der Waals surface area contributed by atoms with Crippen LogP contribution in [0.4, 0.5) is 0 Å². The predicted octanol–water partition coefficient (Wildman–Crippen LogP) is 2.93. The molecule has 0 bridgehead atoms. The van der Waals surface area contributed by atoms with Crippen molar-refractivity contribution in [2.75, 3.05) is 7.11 Å². The highest BCUT2D eigenvalue weighted by molar-refractivity contribution is 6.22. The number of carbonyl (C=O) groups is 2. The number of fused-ring (bicyclic) bond motifs is 2. The van der Waals surface area contributed by atoms with E-state index in [2.05, 4.69) is 11.4 Å². The van der Waals surface area contributed by atoms with E-state index in [1.165, 1.54) is 11.1 Å². The lowest BCUT2D eigenvalue weighted by molar-refractivity contribution is 0.0879. The SMILES string of the molecule is COc1cccc2c1CCC(Cc1cccc3c1C(=O)NC3=O)C2. The smallest absolute Gasteiger partial charge is 0.259 e. The molecule has 2 amide bonds. The van der Waals surface area contributed by atoms with Gasteiger partial charge in [0.25, 0.3) is 11.8 Å². The summed E-state index contributed by atoms with van der Waals surface area (Å²) >= 11 is 0. The highest BCUT2D eigenvalue weighted by atomic mass is 16.5. The van der Waals surface area contributed by atoms with Crippen LogP contribution in [0.5, 0.6) is 5.75 Å². The van der Waals surface area contributed by atoms with Gasteiger partial charge in [0.15, 0.2) is 0 Å². The second-order valence-electron chi connectivity index (χ2n) is 6.53. The average molecular weight is 321 g/mol. The summed E-state index contributed by atoms with van der Waals surface area (Å²) in [6, 6.07) is 11.8. The Labute approximate surface area is 140 Å². The van der Waals surface area contributed by atoms with E-state index < -0.39 is 0 Å². The van der Waals surface area contributed by atoms with Gasteiger partial charge in [0, 0.05) is 0 Å². The fourth-order valence-corrected chi connectivity index (χ4v) is 3.98. The Hall–Kier alpha value is -2.62. The average Bonchev–Trinajstić information content (AvgIpc) is 2.89.